The summed E-state index contributed by atoms with van der Waals surface area (Å²) >= 11 is 0. The van der Waals surface area contributed by atoms with Crippen molar-refractivity contribution in [3.63, 3.8) is 0 Å². The Morgan fingerprint density at radius 2 is 1.90 bits per heavy atom. The number of nitrogens with zero attached hydrogens (tertiary/aromatic N) is 2. The molecule has 30 heavy (non-hydrogen) atoms. The van der Waals surface area contributed by atoms with E-state index < -0.39 is 56.0 Å². The number of amides is 3. The third-order valence-corrected chi connectivity index (χ3v) is 10.8. The summed E-state index contributed by atoms with van der Waals surface area (Å²) in [6.45, 7) is 13.4. The fourth-order valence-electron chi connectivity index (χ4n) is 3.58. The number of carboxylic acids is 1. The molecule has 3 amide bonds. The predicted molar refractivity (Wildman–Crippen MR) is 106 cm³/mol. The second-order valence-corrected chi connectivity index (χ2v) is 14.8. The van der Waals surface area contributed by atoms with Gasteiger partial charge in [0.2, 0.25) is 5.60 Å². The highest BCUT2D eigenvalue weighted by molar-refractivity contribution is 6.74. The molecule has 3 aliphatic rings. The summed E-state index contributed by atoms with van der Waals surface area (Å²) < 4.78 is 24.1. The van der Waals surface area contributed by atoms with Crippen LogP contribution in [0.3, 0.4) is 0 Å². The van der Waals surface area contributed by atoms with Crippen molar-refractivity contribution in [2.45, 2.75) is 89.0 Å². The number of fused-ring (bicyclic) bond motifs is 1. The van der Waals surface area contributed by atoms with Gasteiger partial charge < -0.3 is 23.7 Å². The normalized spacial score (nSPS) is 34.1. The summed E-state index contributed by atoms with van der Waals surface area (Å²) in [7, 11) is -2.31. The molecule has 0 aromatic rings. The molecule has 0 bridgehead atoms. The number of urea groups is 1. The van der Waals surface area contributed by atoms with Crippen LogP contribution in [0.4, 0.5) is 4.79 Å². The third kappa shape index (κ3) is 3.89. The second-order valence-electron chi connectivity index (χ2n) is 10.0. The maximum atomic E-state index is 12.5. The maximum Gasteiger partial charge on any atom is 0.348 e. The molecule has 0 spiro atoms. The molecule has 3 rings (SSSR count). The number of imide groups is 1. The van der Waals surface area contributed by atoms with Gasteiger partial charge in [0.1, 0.15) is 12.2 Å². The fraction of sp³-hybridized carbons (Fsp3) is 0.842. The van der Waals surface area contributed by atoms with Crippen molar-refractivity contribution in [3.05, 3.63) is 0 Å². The molecule has 3 saturated heterocycles. The number of carboxylic acid groups (broad SMARTS) is 1. The Morgan fingerprint density at radius 3 is 2.43 bits per heavy atom. The predicted octanol–water partition coefficient (Wildman–Crippen LogP) is 1.66. The number of carbonyl (C=O) groups is 3. The van der Waals surface area contributed by atoms with E-state index in [0.29, 0.717) is 0 Å². The van der Waals surface area contributed by atoms with Crippen LogP contribution in [0.2, 0.25) is 18.1 Å². The standard InChI is InChI=1S/C19H31N2O8Si/c1-17(2,3)30(6,7)26-10-19(15(23)24)13-12(27-18(4,5)28-13)14(29-19)21-9-8-11(22)20-16(21)25/h12-14H,8-10H2,1-7H3,(H,23,24). The van der Waals surface area contributed by atoms with Crippen molar-refractivity contribution in [3.8, 4) is 0 Å². The molecular formula is C19H31N2O8Si. The van der Waals surface area contributed by atoms with E-state index in [0.717, 1.165) is 0 Å². The lowest BCUT2D eigenvalue weighted by Crippen LogP contribution is -2.57. The monoisotopic (exact) mass is 443 g/mol. The quantitative estimate of drug-likeness (QED) is 0.636. The molecule has 0 aromatic carbocycles. The molecule has 169 valence electrons. The number of aliphatic carboxylic acids is 1. The van der Waals surface area contributed by atoms with Crippen LogP contribution < -0.4 is 5.32 Å². The van der Waals surface area contributed by atoms with Crippen LogP contribution in [0.15, 0.2) is 0 Å². The minimum atomic E-state index is -2.31. The summed E-state index contributed by atoms with van der Waals surface area (Å²) in [4.78, 5) is 37.6. The Bertz CT molecular complexity index is 749. The van der Waals surface area contributed by atoms with Gasteiger partial charge in [0.25, 0.3) is 5.91 Å². The third-order valence-electron chi connectivity index (χ3n) is 6.36. The average Bonchev–Trinajstić information content (AvgIpc) is 3.04. The lowest BCUT2D eigenvalue weighted by molar-refractivity contribution is -0.234. The highest BCUT2D eigenvalue weighted by Crippen LogP contribution is 2.47. The SMILES string of the molecule is CC1(C)OC2C(N3CCC(=O)[N]C3=O)OC(CO[Si](C)(C)C(C)(C)C)(C(=O)O)C2O1. The van der Waals surface area contributed by atoms with E-state index in [1.807, 2.05) is 13.1 Å². The molecule has 0 saturated carbocycles. The molecule has 0 aromatic heterocycles. The summed E-state index contributed by atoms with van der Waals surface area (Å²) in [5.41, 5.74) is -1.86. The van der Waals surface area contributed by atoms with Crippen molar-refractivity contribution >= 4 is 26.2 Å². The number of rotatable bonds is 5. The fourth-order valence-corrected chi connectivity index (χ4v) is 4.59. The Morgan fingerprint density at radius 1 is 1.27 bits per heavy atom. The van der Waals surface area contributed by atoms with Crippen molar-refractivity contribution in [1.29, 1.82) is 0 Å². The van der Waals surface area contributed by atoms with Gasteiger partial charge in [0.05, 0.1) is 6.61 Å². The minimum absolute atomic E-state index is 0.0355. The van der Waals surface area contributed by atoms with Gasteiger partial charge in [-0.1, -0.05) is 20.8 Å². The van der Waals surface area contributed by atoms with E-state index >= 15 is 0 Å². The van der Waals surface area contributed by atoms with E-state index in [1.165, 1.54) is 4.90 Å². The largest absolute Gasteiger partial charge is 0.479 e. The van der Waals surface area contributed by atoms with E-state index in [1.54, 1.807) is 13.8 Å². The highest BCUT2D eigenvalue weighted by Gasteiger charge is 2.69. The molecule has 1 radical (unpaired) electrons. The van der Waals surface area contributed by atoms with Gasteiger partial charge >= 0.3 is 12.0 Å². The minimum Gasteiger partial charge on any atom is -0.479 e. The van der Waals surface area contributed by atoms with Gasteiger partial charge in [-0.25, -0.2) is 9.59 Å². The summed E-state index contributed by atoms with van der Waals surface area (Å²) in [5.74, 6) is -2.83. The van der Waals surface area contributed by atoms with Crippen LogP contribution in [-0.2, 0) is 28.2 Å². The first-order valence-electron chi connectivity index (χ1n) is 10.1. The molecule has 3 fully saturated rings. The Labute approximate surface area is 177 Å². The summed E-state index contributed by atoms with van der Waals surface area (Å²) in [6, 6.07) is -0.769. The van der Waals surface area contributed by atoms with Crippen molar-refractivity contribution in [2.75, 3.05) is 13.2 Å². The summed E-state index contributed by atoms with van der Waals surface area (Å²) in [6.07, 6.45) is -2.87. The van der Waals surface area contributed by atoms with Crippen LogP contribution in [0, 0.1) is 0 Å². The lowest BCUT2D eigenvalue weighted by atomic mass is 9.96. The summed E-state index contributed by atoms with van der Waals surface area (Å²) in [5, 5.41) is 13.5. The molecule has 0 aliphatic carbocycles. The zero-order valence-electron chi connectivity index (χ0n) is 18.6. The molecule has 4 atom stereocenters. The van der Waals surface area contributed by atoms with Gasteiger partial charge in [-0.05, 0) is 32.0 Å². The van der Waals surface area contributed by atoms with Gasteiger partial charge in [0.15, 0.2) is 20.3 Å². The average molecular weight is 444 g/mol. The van der Waals surface area contributed by atoms with Crippen LogP contribution in [-0.4, -0.2) is 79.2 Å². The zero-order valence-corrected chi connectivity index (χ0v) is 19.6. The van der Waals surface area contributed by atoms with E-state index in [4.69, 9.17) is 18.6 Å². The Kier molecular flexibility index (Phi) is 5.60. The number of hydrogen-bond donors (Lipinski definition) is 1. The molecule has 1 N–H and O–H groups in total. The first kappa shape index (κ1) is 23.1. The first-order chi connectivity index (χ1) is 13.6. The van der Waals surface area contributed by atoms with Gasteiger partial charge in [-0.15, -0.1) is 0 Å². The van der Waals surface area contributed by atoms with Crippen molar-refractivity contribution < 1.29 is 38.1 Å². The van der Waals surface area contributed by atoms with E-state index in [9.17, 15) is 19.5 Å². The topological polar surface area (TPSA) is 126 Å². The van der Waals surface area contributed by atoms with E-state index in [2.05, 4.69) is 26.1 Å². The van der Waals surface area contributed by atoms with Crippen LogP contribution in [0.25, 0.3) is 0 Å². The van der Waals surface area contributed by atoms with Crippen LogP contribution in [0.5, 0.6) is 0 Å². The highest BCUT2D eigenvalue weighted by atomic mass is 28.4. The van der Waals surface area contributed by atoms with Crippen molar-refractivity contribution in [2.24, 2.45) is 0 Å². The zero-order chi connectivity index (χ0) is 22.7. The Balaban J connectivity index is 1.94. The maximum absolute atomic E-state index is 12.5. The molecule has 3 heterocycles. The molecule has 3 aliphatic heterocycles. The lowest BCUT2D eigenvalue weighted by Gasteiger charge is -2.40. The second kappa shape index (κ2) is 7.26. The molecular weight excluding hydrogens is 412 g/mol. The van der Waals surface area contributed by atoms with Crippen LogP contribution >= 0.6 is 0 Å². The molecule has 4 unspecified atom stereocenters. The number of hydrogen-bond acceptors (Lipinski definition) is 7. The van der Waals surface area contributed by atoms with Gasteiger partial charge in [0, 0.05) is 13.0 Å². The number of carbonyl (C=O) groups excluding carboxylic acids is 2. The molecule has 11 heteroatoms. The van der Waals surface area contributed by atoms with E-state index in [-0.39, 0.29) is 24.6 Å². The van der Waals surface area contributed by atoms with Gasteiger partial charge in [-0.2, -0.15) is 5.32 Å². The Hall–Kier alpha value is -1.53. The van der Waals surface area contributed by atoms with Crippen molar-refractivity contribution in [1.82, 2.24) is 10.2 Å². The molecule has 10 nitrogen and oxygen atoms in total. The smallest absolute Gasteiger partial charge is 0.348 e. The van der Waals surface area contributed by atoms with Gasteiger partial charge in [-0.3, -0.25) is 9.69 Å². The number of ether oxygens (including phenoxy) is 3. The first-order valence-corrected chi connectivity index (χ1v) is 13.0. The van der Waals surface area contributed by atoms with Crippen LogP contribution in [0.1, 0.15) is 41.0 Å².